The summed E-state index contributed by atoms with van der Waals surface area (Å²) in [6.45, 7) is 5.96. The predicted octanol–water partition coefficient (Wildman–Crippen LogP) is 3.45. The van der Waals surface area contributed by atoms with Crippen LogP contribution in [0.3, 0.4) is 0 Å². The van der Waals surface area contributed by atoms with E-state index in [1.165, 1.54) is 0 Å². The van der Waals surface area contributed by atoms with Crippen molar-refractivity contribution in [3.05, 3.63) is 60.7 Å². The summed E-state index contributed by atoms with van der Waals surface area (Å²) >= 11 is 0. The summed E-state index contributed by atoms with van der Waals surface area (Å²) in [6, 6.07) is 16.1. The molecule has 0 N–H and O–H groups in total. The monoisotopic (exact) mass is 235 g/mol. The molecule has 0 spiro atoms. The number of aromatic nitrogens is 3. The number of para-hydroxylation sites is 1. The Morgan fingerprint density at radius 3 is 2.78 bits per heavy atom. The summed E-state index contributed by atoms with van der Waals surface area (Å²) < 4.78 is 1.85. The molecule has 0 aliphatic heterocycles. The van der Waals surface area contributed by atoms with Crippen molar-refractivity contribution in [1.29, 1.82) is 0 Å². The zero-order valence-electron chi connectivity index (χ0n) is 10.2. The molecule has 1 heterocycles. The van der Waals surface area contributed by atoms with Crippen LogP contribution in [0.5, 0.6) is 0 Å². The van der Waals surface area contributed by atoms with Crippen LogP contribution in [0.15, 0.2) is 55.1 Å². The molecule has 0 fully saturated rings. The normalized spacial score (nSPS) is 10.7. The summed E-state index contributed by atoms with van der Waals surface area (Å²) in [5.41, 5.74) is 5.08. The molecule has 0 bridgehead atoms. The predicted molar refractivity (Wildman–Crippen MR) is 73.6 cm³/mol. The molecule has 0 radical (unpaired) electrons. The van der Waals surface area contributed by atoms with Gasteiger partial charge in [0.25, 0.3) is 0 Å². The van der Waals surface area contributed by atoms with Gasteiger partial charge < -0.3 is 0 Å². The minimum absolute atomic E-state index is 0.901. The molecule has 0 aliphatic rings. The number of hydrogen-bond acceptors (Lipinski definition) is 2. The van der Waals surface area contributed by atoms with Gasteiger partial charge in [-0.15, -0.1) is 5.10 Å². The van der Waals surface area contributed by atoms with Gasteiger partial charge in [0.15, 0.2) is 0 Å². The van der Waals surface area contributed by atoms with E-state index in [1.807, 2.05) is 54.1 Å². The fourth-order valence-electron chi connectivity index (χ4n) is 1.96. The van der Waals surface area contributed by atoms with E-state index in [9.17, 15) is 0 Å². The van der Waals surface area contributed by atoms with Crippen molar-refractivity contribution in [3.63, 3.8) is 0 Å². The fourth-order valence-corrected chi connectivity index (χ4v) is 1.96. The molecule has 1 aromatic heterocycles. The Labute approximate surface area is 105 Å². The summed E-state index contributed by atoms with van der Waals surface area (Å²) in [5, 5.41) is 8.36. The Balaban J connectivity index is 2.20. The third-order valence-corrected chi connectivity index (χ3v) is 2.94. The quantitative estimate of drug-likeness (QED) is 0.681. The largest absolute Gasteiger partial charge is 0.213 e. The first-order valence-electron chi connectivity index (χ1n) is 5.82. The van der Waals surface area contributed by atoms with Gasteiger partial charge in [0.2, 0.25) is 0 Å². The molecule has 18 heavy (non-hydrogen) atoms. The number of fused-ring (bicyclic) bond motifs is 1. The maximum atomic E-state index is 4.20. The number of nitrogens with zero attached hydrogens (tertiary/aromatic N) is 3. The van der Waals surface area contributed by atoms with Gasteiger partial charge >= 0.3 is 0 Å². The van der Waals surface area contributed by atoms with Crippen molar-refractivity contribution >= 4 is 16.6 Å². The molecule has 3 rings (SSSR count). The van der Waals surface area contributed by atoms with Crippen LogP contribution in [0, 0.1) is 0 Å². The lowest BCUT2D eigenvalue weighted by atomic mass is 10.1. The second-order valence-electron chi connectivity index (χ2n) is 4.32. The zero-order valence-corrected chi connectivity index (χ0v) is 10.2. The van der Waals surface area contributed by atoms with Crippen molar-refractivity contribution in [2.45, 2.75) is 6.92 Å². The van der Waals surface area contributed by atoms with E-state index < -0.39 is 0 Å². The van der Waals surface area contributed by atoms with Gasteiger partial charge in [0.05, 0.1) is 11.2 Å². The summed E-state index contributed by atoms with van der Waals surface area (Å²) in [6.07, 6.45) is 0. The average molecular weight is 235 g/mol. The summed E-state index contributed by atoms with van der Waals surface area (Å²) in [4.78, 5) is 0. The molecule has 3 heteroatoms. The van der Waals surface area contributed by atoms with Crippen LogP contribution in [0.2, 0.25) is 0 Å². The van der Waals surface area contributed by atoms with Crippen molar-refractivity contribution in [1.82, 2.24) is 15.0 Å². The van der Waals surface area contributed by atoms with E-state index in [1.54, 1.807) is 0 Å². The van der Waals surface area contributed by atoms with Gasteiger partial charge in [0.1, 0.15) is 5.52 Å². The molecule has 0 atom stereocenters. The maximum absolute atomic E-state index is 4.20. The fraction of sp³-hybridized carbons (Fsp3) is 0.0667. The molecule has 0 amide bonds. The van der Waals surface area contributed by atoms with Gasteiger partial charge in [-0.2, -0.15) is 0 Å². The van der Waals surface area contributed by atoms with Gasteiger partial charge in [-0.25, -0.2) is 4.68 Å². The van der Waals surface area contributed by atoms with Gasteiger partial charge in [0, 0.05) is 0 Å². The van der Waals surface area contributed by atoms with Gasteiger partial charge in [-0.3, -0.25) is 0 Å². The molecular weight excluding hydrogens is 222 g/mol. The minimum Gasteiger partial charge on any atom is -0.213 e. The Morgan fingerprint density at radius 1 is 1.11 bits per heavy atom. The van der Waals surface area contributed by atoms with E-state index in [-0.39, 0.29) is 0 Å². The van der Waals surface area contributed by atoms with Crippen molar-refractivity contribution in [3.8, 4) is 5.69 Å². The Kier molecular flexibility index (Phi) is 2.45. The third kappa shape index (κ3) is 1.70. The van der Waals surface area contributed by atoms with E-state index in [2.05, 4.69) is 23.0 Å². The van der Waals surface area contributed by atoms with Crippen LogP contribution in [-0.4, -0.2) is 15.0 Å². The highest BCUT2D eigenvalue weighted by Crippen LogP contribution is 2.19. The molecule has 3 aromatic rings. The topological polar surface area (TPSA) is 30.7 Å². The second-order valence-corrected chi connectivity index (χ2v) is 4.32. The van der Waals surface area contributed by atoms with E-state index in [0.717, 1.165) is 27.9 Å². The number of hydrogen-bond donors (Lipinski definition) is 0. The van der Waals surface area contributed by atoms with Crippen LogP contribution in [-0.2, 0) is 0 Å². The third-order valence-electron chi connectivity index (χ3n) is 2.94. The standard InChI is InChI=1S/C15H13N3/c1-11(2)12-6-5-7-13(10-12)18-15-9-4-3-8-14(15)16-17-18/h3-10H,1H2,2H3. The molecule has 2 aromatic carbocycles. The number of rotatable bonds is 2. The lowest BCUT2D eigenvalue weighted by molar-refractivity contribution is 0.824. The van der Waals surface area contributed by atoms with Gasteiger partial charge in [-0.05, 0) is 36.8 Å². The minimum atomic E-state index is 0.901. The molecule has 3 nitrogen and oxygen atoms in total. The smallest absolute Gasteiger partial charge is 0.113 e. The highest BCUT2D eigenvalue weighted by Gasteiger charge is 2.06. The van der Waals surface area contributed by atoms with Crippen molar-refractivity contribution in [2.24, 2.45) is 0 Å². The molecule has 0 saturated heterocycles. The van der Waals surface area contributed by atoms with Crippen molar-refractivity contribution in [2.75, 3.05) is 0 Å². The first kappa shape index (κ1) is 10.7. The molecule has 0 aliphatic carbocycles. The zero-order chi connectivity index (χ0) is 12.5. The summed E-state index contributed by atoms with van der Waals surface area (Å²) in [7, 11) is 0. The Hall–Kier alpha value is -2.42. The Morgan fingerprint density at radius 2 is 1.94 bits per heavy atom. The van der Waals surface area contributed by atoms with E-state index >= 15 is 0 Å². The van der Waals surface area contributed by atoms with Crippen LogP contribution in [0.25, 0.3) is 22.3 Å². The van der Waals surface area contributed by atoms with Crippen LogP contribution in [0.4, 0.5) is 0 Å². The molecule has 88 valence electrons. The summed E-state index contributed by atoms with van der Waals surface area (Å²) in [5.74, 6) is 0. The highest BCUT2D eigenvalue weighted by atomic mass is 15.4. The number of allylic oxidation sites excluding steroid dienone is 1. The van der Waals surface area contributed by atoms with E-state index in [4.69, 9.17) is 0 Å². The first-order valence-corrected chi connectivity index (χ1v) is 5.82. The SMILES string of the molecule is C=C(C)c1cccc(-n2nnc3ccccc32)c1. The first-order chi connectivity index (χ1) is 8.75. The van der Waals surface area contributed by atoms with E-state index in [0.29, 0.717) is 0 Å². The van der Waals surface area contributed by atoms with Crippen molar-refractivity contribution < 1.29 is 0 Å². The molecule has 0 saturated carbocycles. The molecule has 0 unspecified atom stereocenters. The average Bonchev–Trinajstić information content (AvgIpc) is 2.82. The maximum Gasteiger partial charge on any atom is 0.113 e. The lowest BCUT2D eigenvalue weighted by Gasteiger charge is -2.05. The van der Waals surface area contributed by atoms with Gasteiger partial charge in [-0.1, -0.05) is 41.6 Å². The van der Waals surface area contributed by atoms with Crippen LogP contribution < -0.4 is 0 Å². The number of benzene rings is 2. The Bertz CT molecular complexity index is 725. The van der Waals surface area contributed by atoms with Crippen LogP contribution >= 0.6 is 0 Å². The molecular formula is C15H13N3. The lowest BCUT2D eigenvalue weighted by Crippen LogP contribution is -1.97. The second kappa shape index (κ2) is 4.11. The highest BCUT2D eigenvalue weighted by molar-refractivity contribution is 5.76. The van der Waals surface area contributed by atoms with Crippen LogP contribution in [0.1, 0.15) is 12.5 Å².